The van der Waals surface area contributed by atoms with Crippen molar-refractivity contribution in [2.24, 2.45) is 5.73 Å². The summed E-state index contributed by atoms with van der Waals surface area (Å²) in [6.07, 6.45) is 4.31. The van der Waals surface area contributed by atoms with Crippen molar-refractivity contribution in [2.45, 2.75) is 31.6 Å². The summed E-state index contributed by atoms with van der Waals surface area (Å²) in [5, 5.41) is 6.70. The lowest BCUT2D eigenvalue weighted by atomic mass is 9.77. The first-order valence-electron chi connectivity index (χ1n) is 9.43. The third-order valence-electron chi connectivity index (χ3n) is 5.38. The predicted octanol–water partition coefficient (Wildman–Crippen LogP) is 4.20. The highest BCUT2D eigenvalue weighted by atomic mass is 32.1. The van der Waals surface area contributed by atoms with E-state index < -0.39 is 0 Å². The minimum absolute atomic E-state index is 0.0300. The number of thiocarbonyl (C=S) groups is 1. The van der Waals surface area contributed by atoms with Crippen LogP contribution < -0.4 is 25.8 Å². The Bertz CT molecular complexity index is 1060. The molecular formula is C20H23N5O2S2. The van der Waals surface area contributed by atoms with Gasteiger partial charge in [0.25, 0.3) is 0 Å². The summed E-state index contributed by atoms with van der Waals surface area (Å²) >= 11 is 10.4. The number of aromatic nitrogens is 2. The van der Waals surface area contributed by atoms with Crippen LogP contribution in [0.5, 0.6) is 11.5 Å². The van der Waals surface area contributed by atoms with E-state index in [1.807, 2.05) is 12.1 Å². The molecule has 1 aromatic heterocycles. The first-order chi connectivity index (χ1) is 14.0. The van der Waals surface area contributed by atoms with Crippen LogP contribution in [0.15, 0.2) is 29.5 Å². The van der Waals surface area contributed by atoms with E-state index in [-0.39, 0.29) is 11.0 Å². The Hall–Kier alpha value is -2.65. The molecule has 0 spiro atoms. The first kappa shape index (κ1) is 19.7. The number of H-pyrrole nitrogens is 1. The molecule has 4 rings (SSSR count). The van der Waals surface area contributed by atoms with Crippen molar-refractivity contribution in [3.63, 3.8) is 0 Å². The smallest absolute Gasteiger partial charge is 0.200 e. The summed E-state index contributed by atoms with van der Waals surface area (Å²) in [7, 11) is 3.27. The standard InChI is InChI=1S/C20H23N5O2S2/c1-26-13-8-7-10(9-14(13)27-2)15-11-5-3-4-6-12(11)22-17-16(15)18(23-19(21)28)25-20(29)24-17/h7-9,15H,3-6H2,1-2H3,(H5,21,22,23,24,25,28,29). The van der Waals surface area contributed by atoms with E-state index in [4.69, 9.17) is 39.6 Å². The number of ether oxygens (including phenoxy) is 2. The van der Waals surface area contributed by atoms with Gasteiger partial charge in [0.1, 0.15) is 11.6 Å². The number of nitrogens with one attached hydrogen (secondary N) is 3. The Morgan fingerprint density at radius 2 is 1.97 bits per heavy atom. The number of nitrogens with zero attached hydrogens (tertiary/aromatic N) is 1. The number of hydrogen-bond acceptors (Lipinski definition) is 6. The molecule has 0 saturated carbocycles. The average molecular weight is 430 g/mol. The van der Waals surface area contributed by atoms with E-state index in [1.165, 1.54) is 11.3 Å². The van der Waals surface area contributed by atoms with E-state index in [0.717, 1.165) is 42.6 Å². The molecule has 2 aromatic rings. The van der Waals surface area contributed by atoms with E-state index in [0.29, 0.717) is 22.1 Å². The molecule has 152 valence electrons. The quantitative estimate of drug-likeness (QED) is 0.537. The van der Waals surface area contributed by atoms with Crippen molar-refractivity contribution in [1.82, 2.24) is 9.97 Å². The highest BCUT2D eigenvalue weighted by Crippen LogP contribution is 2.49. The molecule has 2 aliphatic rings. The van der Waals surface area contributed by atoms with Gasteiger partial charge in [0, 0.05) is 17.2 Å². The fraction of sp³-hybridized carbons (Fsp3) is 0.350. The van der Waals surface area contributed by atoms with Crippen LogP contribution in [0.25, 0.3) is 0 Å². The maximum atomic E-state index is 5.77. The summed E-state index contributed by atoms with van der Waals surface area (Å²) in [4.78, 5) is 7.68. The van der Waals surface area contributed by atoms with Gasteiger partial charge in [-0.15, -0.1) is 0 Å². The SMILES string of the molecule is COc1ccc(C2C3=C(CCCC3)Nc3[nH]c(=S)nc(NC(N)=S)c32)cc1OC. The Labute approximate surface area is 179 Å². The number of nitrogens with two attached hydrogens (primary N) is 1. The molecule has 0 fully saturated rings. The zero-order valence-electron chi connectivity index (χ0n) is 16.3. The predicted molar refractivity (Wildman–Crippen MR) is 120 cm³/mol. The van der Waals surface area contributed by atoms with Crippen molar-refractivity contribution in [1.29, 1.82) is 0 Å². The maximum Gasteiger partial charge on any atom is 0.200 e. The molecule has 1 unspecified atom stereocenters. The number of allylic oxidation sites excluding steroid dienone is 2. The first-order valence-corrected chi connectivity index (χ1v) is 10.2. The van der Waals surface area contributed by atoms with Crippen LogP contribution in [-0.2, 0) is 0 Å². The van der Waals surface area contributed by atoms with Gasteiger partial charge in [-0.05, 0) is 73.4 Å². The number of fused-ring (bicyclic) bond motifs is 1. The van der Waals surface area contributed by atoms with Gasteiger partial charge < -0.3 is 30.8 Å². The topological polar surface area (TPSA) is 97.2 Å². The average Bonchev–Trinajstić information content (AvgIpc) is 2.71. The molecule has 1 aliphatic carbocycles. The lowest BCUT2D eigenvalue weighted by Gasteiger charge is -2.35. The molecule has 0 radical (unpaired) electrons. The van der Waals surface area contributed by atoms with Crippen molar-refractivity contribution >= 4 is 41.2 Å². The molecule has 2 heterocycles. The van der Waals surface area contributed by atoms with Crippen LogP contribution in [0.2, 0.25) is 0 Å². The fourth-order valence-corrected chi connectivity index (χ4v) is 4.48. The Morgan fingerprint density at radius 1 is 1.21 bits per heavy atom. The van der Waals surface area contributed by atoms with Crippen LogP contribution in [0.1, 0.15) is 42.7 Å². The summed E-state index contributed by atoms with van der Waals surface area (Å²) in [6.45, 7) is 0. The second kappa shape index (κ2) is 8.00. The molecule has 1 atom stereocenters. The van der Waals surface area contributed by atoms with Gasteiger partial charge in [-0.2, -0.15) is 0 Å². The molecule has 0 bridgehead atoms. The van der Waals surface area contributed by atoms with Gasteiger partial charge in [-0.3, -0.25) is 0 Å². The largest absolute Gasteiger partial charge is 0.493 e. The summed E-state index contributed by atoms with van der Waals surface area (Å²) < 4.78 is 11.3. The maximum absolute atomic E-state index is 5.77. The third kappa shape index (κ3) is 3.67. The van der Waals surface area contributed by atoms with E-state index >= 15 is 0 Å². The number of aromatic amines is 1. The molecule has 0 saturated heterocycles. The van der Waals surface area contributed by atoms with Gasteiger partial charge in [-0.1, -0.05) is 6.07 Å². The molecular weight excluding hydrogens is 406 g/mol. The second-order valence-corrected chi connectivity index (χ2v) is 7.88. The second-order valence-electron chi connectivity index (χ2n) is 7.05. The third-order valence-corrected chi connectivity index (χ3v) is 5.67. The number of anilines is 2. The van der Waals surface area contributed by atoms with E-state index in [2.05, 4.69) is 26.7 Å². The van der Waals surface area contributed by atoms with Crippen LogP contribution in [-0.4, -0.2) is 29.3 Å². The van der Waals surface area contributed by atoms with Crippen molar-refractivity contribution in [2.75, 3.05) is 24.9 Å². The molecule has 9 heteroatoms. The zero-order chi connectivity index (χ0) is 20.5. The van der Waals surface area contributed by atoms with Crippen molar-refractivity contribution in [3.05, 3.63) is 45.4 Å². The van der Waals surface area contributed by atoms with Gasteiger partial charge in [0.2, 0.25) is 0 Å². The molecule has 1 aliphatic heterocycles. The molecule has 0 amide bonds. The highest BCUT2D eigenvalue weighted by molar-refractivity contribution is 7.80. The minimum atomic E-state index is -0.0300. The fourth-order valence-electron chi connectivity index (χ4n) is 4.19. The minimum Gasteiger partial charge on any atom is -0.493 e. The molecule has 1 aromatic carbocycles. The monoisotopic (exact) mass is 429 g/mol. The number of methoxy groups -OCH3 is 2. The van der Waals surface area contributed by atoms with Gasteiger partial charge >= 0.3 is 0 Å². The van der Waals surface area contributed by atoms with E-state index in [9.17, 15) is 0 Å². The summed E-state index contributed by atoms with van der Waals surface area (Å²) in [5.74, 6) is 2.74. The van der Waals surface area contributed by atoms with Gasteiger partial charge in [-0.25, -0.2) is 4.98 Å². The normalized spacial score (nSPS) is 17.7. The molecule has 29 heavy (non-hydrogen) atoms. The number of benzene rings is 1. The van der Waals surface area contributed by atoms with Gasteiger partial charge in [0.05, 0.1) is 14.2 Å². The Morgan fingerprint density at radius 3 is 2.69 bits per heavy atom. The molecule has 7 nitrogen and oxygen atoms in total. The highest BCUT2D eigenvalue weighted by Gasteiger charge is 2.34. The Kier molecular flexibility index (Phi) is 5.42. The lowest BCUT2D eigenvalue weighted by molar-refractivity contribution is 0.354. The lowest BCUT2D eigenvalue weighted by Crippen LogP contribution is -2.27. The zero-order valence-corrected chi connectivity index (χ0v) is 17.9. The van der Waals surface area contributed by atoms with Crippen molar-refractivity contribution in [3.8, 4) is 11.5 Å². The van der Waals surface area contributed by atoms with E-state index in [1.54, 1.807) is 14.2 Å². The Balaban J connectivity index is 1.95. The summed E-state index contributed by atoms with van der Waals surface area (Å²) in [5.41, 5.74) is 10.4. The van der Waals surface area contributed by atoms with Crippen LogP contribution >= 0.6 is 24.4 Å². The molecule has 5 N–H and O–H groups in total. The van der Waals surface area contributed by atoms with Gasteiger partial charge in [0.15, 0.2) is 21.4 Å². The number of rotatable bonds is 4. The van der Waals surface area contributed by atoms with Crippen LogP contribution in [0.4, 0.5) is 11.6 Å². The number of hydrogen-bond donors (Lipinski definition) is 4. The summed E-state index contributed by atoms with van der Waals surface area (Å²) in [6, 6.07) is 6.01. The van der Waals surface area contributed by atoms with Crippen LogP contribution in [0, 0.1) is 4.77 Å². The van der Waals surface area contributed by atoms with Crippen molar-refractivity contribution < 1.29 is 9.47 Å². The van der Waals surface area contributed by atoms with Crippen LogP contribution in [0.3, 0.4) is 0 Å².